The third-order valence-electron chi connectivity index (χ3n) is 16.1. The number of nitrogens with zero attached hydrogens (tertiary/aromatic N) is 10. The first-order valence-electron chi connectivity index (χ1n) is 30.9. The lowest BCUT2D eigenvalue weighted by atomic mass is 10.1. The Kier molecular flexibility index (Phi) is 17.7. The summed E-state index contributed by atoms with van der Waals surface area (Å²) < 4.78 is 0. The second-order valence-corrected chi connectivity index (χ2v) is 22.3. The molecule has 9 aromatic rings. The molecule has 0 amide bonds. The van der Waals surface area contributed by atoms with Crippen LogP contribution >= 0.6 is 0 Å². The van der Waals surface area contributed by atoms with Gasteiger partial charge < -0.3 is 14.7 Å². The largest absolute Gasteiger partial charge is 0.311 e. The molecular formula is C76H74N10. The zero-order valence-electron chi connectivity index (χ0n) is 49.9. The summed E-state index contributed by atoms with van der Waals surface area (Å²) >= 11 is 0. The predicted octanol–water partition coefficient (Wildman–Crippen LogP) is 19.5. The van der Waals surface area contributed by atoms with E-state index in [0.29, 0.717) is 35.4 Å². The fourth-order valence-corrected chi connectivity index (χ4v) is 11.2. The summed E-state index contributed by atoms with van der Waals surface area (Å²) in [6.07, 6.45) is 13.6. The zero-order chi connectivity index (χ0) is 58.6. The second-order valence-electron chi connectivity index (χ2n) is 22.3. The number of para-hydroxylation sites is 2. The van der Waals surface area contributed by atoms with E-state index >= 15 is 0 Å². The van der Waals surface area contributed by atoms with Crippen LogP contribution in [0.5, 0.6) is 0 Å². The van der Waals surface area contributed by atoms with Crippen LogP contribution in [-0.4, -0.2) is 40.3 Å². The Bertz CT molecular complexity index is 3730. The average molecular weight is 1130 g/mol. The van der Waals surface area contributed by atoms with Crippen molar-refractivity contribution in [3.8, 4) is 0 Å². The Balaban J connectivity index is 0.914. The highest BCUT2D eigenvalue weighted by molar-refractivity contribution is 6.34. The molecule has 428 valence electrons. The number of rotatable bonds is 24. The summed E-state index contributed by atoms with van der Waals surface area (Å²) in [5, 5.41) is 0. The molecule has 3 heterocycles. The number of anilines is 9. The maximum atomic E-state index is 5.20. The van der Waals surface area contributed by atoms with Gasteiger partial charge in [0.05, 0.1) is 0 Å². The van der Waals surface area contributed by atoms with E-state index in [2.05, 4.69) is 273 Å². The quantitative estimate of drug-likeness (QED) is 0.0603. The van der Waals surface area contributed by atoms with Gasteiger partial charge in [0, 0.05) is 67.9 Å². The SMILES string of the molecule is CCCCc1ccc(N(c2ccccc2)c2ccc(C3=NC4=NC(c5ccc(N(c6ccccc6)c6ccc(CCCC)cc6)cc5)=NC5=NC(c6ccc(N(c7ccc(CCCC)cc7)c7ccc(CCCC)cc7)cc6)=NC(=N3)N45)cc2)cc1. The van der Waals surface area contributed by atoms with E-state index in [4.69, 9.17) is 30.0 Å². The number of unbranched alkanes of at least 4 members (excludes halogenated alkanes) is 4. The topological polar surface area (TPSA) is 87.1 Å². The molecule has 12 rings (SSSR count). The molecule has 0 spiro atoms. The number of hydrogen-bond donors (Lipinski definition) is 0. The summed E-state index contributed by atoms with van der Waals surface area (Å²) in [5.41, 5.74) is 17.4. The number of amidine groups is 3. The fraction of sp³-hybridized carbons (Fsp3) is 0.211. The Morgan fingerprint density at radius 2 is 0.453 bits per heavy atom. The molecular weight excluding hydrogens is 1050 g/mol. The lowest BCUT2D eigenvalue weighted by Crippen LogP contribution is -2.48. The molecule has 0 aliphatic carbocycles. The van der Waals surface area contributed by atoms with Crippen molar-refractivity contribution in [2.75, 3.05) is 14.7 Å². The van der Waals surface area contributed by atoms with Gasteiger partial charge in [-0.2, -0.15) is 30.0 Å². The van der Waals surface area contributed by atoms with E-state index in [1.54, 1.807) is 4.90 Å². The molecule has 0 bridgehead atoms. The van der Waals surface area contributed by atoms with Crippen LogP contribution in [0.4, 0.5) is 51.2 Å². The van der Waals surface area contributed by atoms with E-state index in [9.17, 15) is 0 Å². The van der Waals surface area contributed by atoms with E-state index in [1.807, 2.05) is 0 Å². The summed E-state index contributed by atoms with van der Waals surface area (Å²) in [6.45, 7) is 8.96. The summed E-state index contributed by atoms with van der Waals surface area (Å²) in [7, 11) is 0. The van der Waals surface area contributed by atoms with Crippen LogP contribution in [0.15, 0.2) is 260 Å². The lowest BCUT2D eigenvalue weighted by molar-refractivity contribution is 0.795. The fourth-order valence-electron chi connectivity index (χ4n) is 11.2. The minimum absolute atomic E-state index is 0.389. The number of aliphatic imine (C=N–C) groups is 6. The van der Waals surface area contributed by atoms with Crippen LogP contribution in [-0.2, 0) is 25.7 Å². The molecule has 0 saturated carbocycles. The maximum absolute atomic E-state index is 5.20. The molecule has 0 unspecified atom stereocenters. The van der Waals surface area contributed by atoms with Crippen LogP contribution in [0.3, 0.4) is 0 Å². The van der Waals surface area contributed by atoms with Crippen LogP contribution in [0.2, 0.25) is 0 Å². The van der Waals surface area contributed by atoms with Crippen LogP contribution in [0, 0.1) is 0 Å². The van der Waals surface area contributed by atoms with E-state index < -0.39 is 0 Å². The number of hydrogen-bond acceptors (Lipinski definition) is 10. The van der Waals surface area contributed by atoms with Crippen molar-refractivity contribution in [2.24, 2.45) is 30.0 Å². The number of aryl methyl sites for hydroxylation is 4. The van der Waals surface area contributed by atoms with Crippen molar-refractivity contribution >= 4 is 86.6 Å². The van der Waals surface area contributed by atoms with Gasteiger partial charge in [-0.3, -0.25) is 0 Å². The van der Waals surface area contributed by atoms with Gasteiger partial charge >= 0.3 is 0 Å². The van der Waals surface area contributed by atoms with Gasteiger partial charge in [-0.25, -0.2) is 4.90 Å². The van der Waals surface area contributed by atoms with Crippen LogP contribution in [0.1, 0.15) is 118 Å². The second kappa shape index (κ2) is 26.8. The van der Waals surface area contributed by atoms with Gasteiger partial charge in [0.2, 0.25) is 17.9 Å². The van der Waals surface area contributed by atoms with Gasteiger partial charge in [-0.15, -0.1) is 0 Å². The molecule has 9 aromatic carbocycles. The molecule has 0 saturated heterocycles. The summed E-state index contributed by atoms with van der Waals surface area (Å²) in [5.74, 6) is 2.63. The Labute approximate surface area is 507 Å². The Morgan fingerprint density at radius 1 is 0.244 bits per heavy atom. The van der Waals surface area contributed by atoms with E-state index in [-0.39, 0.29) is 0 Å². The molecule has 10 nitrogen and oxygen atoms in total. The molecule has 0 fully saturated rings. The van der Waals surface area contributed by atoms with Crippen molar-refractivity contribution in [3.05, 3.63) is 269 Å². The lowest BCUT2D eigenvalue weighted by Gasteiger charge is -2.31. The van der Waals surface area contributed by atoms with Crippen LogP contribution in [0.25, 0.3) is 0 Å². The first-order valence-corrected chi connectivity index (χ1v) is 30.9. The number of guanidine groups is 3. The Hall–Kier alpha value is -9.80. The van der Waals surface area contributed by atoms with Crippen molar-refractivity contribution in [1.29, 1.82) is 0 Å². The predicted molar refractivity (Wildman–Crippen MR) is 362 cm³/mol. The molecule has 3 aliphatic heterocycles. The molecule has 0 N–H and O–H groups in total. The minimum Gasteiger partial charge on any atom is -0.311 e. The standard InChI is InChI=1S/C76H74N10/c1-5-9-19-55-27-41-64(42-28-55)83(62-23-15-13-16-24-62)68-49-35-59(36-50-68)71-77-74-78-72(60-37-51-69(52-38-60)84(63-25-17-14-18-26-63)65-43-29-56(30-44-65)20-10-6-2)80-76-82-73(81-75(79-71)86(74)76)61-39-53-70(54-40-61)85(66-45-31-57(32-46-66)21-11-7-3)67-47-33-58(34-48-67)22-12-8-4/h13-18,23-54H,5-12,19-22H2,1-4H3. The van der Waals surface area contributed by atoms with Gasteiger partial charge in [0.1, 0.15) is 0 Å². The molecule has 3 aliphatic rings. The normalized spacial score (nSPS) is 13.4. The van der Waals surface area contributed by atoms with Crippen molar-refractivity contribution in [2.45, 2.75) is 105 Å². The van der Waals surface area contributed by atoms with Crippen molar-refractivity contribution < 1.29 is 0 Å². The maximum Gasteiger partial charge on any atom is 0.243 e. The van der Waals surface area contributed by atoms with Gasteiger partial charge in [0.25, 0.3) is 0 Å². The van der Waals surface area contributed by atoms with E-state index in [1.165, 1.54) is 73.6 Å². The minimum atomic E-state index is 0.389. The zero-order valence-corrected chi connectivity index (χ0v) is 49.9. The van der Waals surface area contributed by atoms with Crippen molar-refractivity contribution in [1.82, 2.24) is 4.90 Å². The van der Waals surface area contributed by atoms with Crippen molar-refractivity contribution in [3.63, 3.8) is 0 Å². The molecule has 0 aromatic heterocycles. The summed E-state index contributed by atoms with van der Waals surface area (Å²) in [4.78, 5) is 39.8. The highest BCUT2D eigenvalue weighted by Crippen LogP contribution is 2.39. The third-order valence-corrected chi connectivity index (χ3v) is 16.1. The van der Waals surface area contributed by atoms with Gasteiger partial charge in [0.15, 0.2) is 17.5 Å². The summed E-state index contributed by atoms with van der Waals surface area (Å²) in [6, 6.07) is 82.3. The molecule has 86 heavy (non-hydrogen) atoms. The smallest absolute Gasteiger partial charge is 0.243 e. The van der Waals surface area contributed by atoms with Gasteiger partial charge in [-0.05, 0) is 219 Å². The average Bonchev–Trinajstić information content (AvgIpc) is 1.12. The van der Waals surface area contributed by atoms with Crippen LogP contribution < -0.4 is 14.7 Å². The monoisotopic (exact) mass is 1130 g/mol. The molecule has 0 radical (unpaired) electrons. The van der Waals surface area contributed by atoms with E-state index in [0.717, 1.165) is 93.6 Å². The molecule has 0 atom stereocenters. The highest BCUT2D eigenvalue weighted by Gasteiger charge is 2.36. The number of benzene rings is 9. The first kappa shape index (κ1) is 56.7. The molecule has 10 heteroatoms. The third kappa shape index (κ3) is 12.8. The Morgan fingerprint density at radius 3 is 0.674 bits per heavy atom. The van der Waals surface area contributed by atoms with Gasteiger partial charge in [-0.1, -0.05) is 138 Å². The highest BCUT2D eigenvalue weighted by atomic mass is 15.5. The first-order chi connectivity index (χ1) is 42.4.